The van der Waals surface area contributed by atoms with Crippen LogP contribution >= 0.6 is 23.2 Å². The molecule has 1 amide bonds. The second-order valence-corrected chi connectivity index (χ2v) is 7.10. The Hall–Kier alpha value is -1.88. The number of rotatable bonds is 4. The summed E-state index contributed by atoms with van der Waals surface area (Å²) in [6, 6.07) is 15.1. The molecule has 130 valence electrons. The smallest absolute Gasteiger partial charge is 0.258 e. The normalized spacial score (nSPS) is 18.7. The maximum atomic E-state index is 12.5. The molecular weight excluding hydrogens is 357 g/mol. The van der Waals surface area contributed by atoms with Gasteiger partial charge in [-0.2, -0.15) is 5.10 Å². The lowest BCUT2D eigenvalue weighted by Gasteiger charge is -2.30. The molecule has 1 unspecified atom stereocenters. The van der Waals surface area contributed by atoms with Gasteiger partial charge in [-0.1, -0.05) is 47.5 Å². The third-order valence-electron chi connectivity index (χ3n) is 4.15. The van der Waals surface area contributed by atoms with E-state index < -0.39 is 0 Å². The summed E-state index contributed by atoms with van der Waals surface area (Å²) in [6.45, 7) is 4.48. The Labute approximate surface area is 157 Å². The molecular formula is C19H19Cl2N3O. The highest BCUT2D eigenvalue weighted by Gasteiger charge is 2.40. The number of carbonyl (C=O) groups excluding carboxylic acids is 1. The molecule has 6 heteroatoms. The highest BCUT2D eigenvalue weighted by atomic mass is 35.5. The van der Waals surface area contributed by atoms with Crippen molar-refractivity contribution in [1.29, 1.82) is 0 Å². The van der Waals surface area contributed by atoms with Crippen LogP contribution in [0.2, 0.25) is 10.0 Å². The van der Waals surface area contributed by atoms with Crippen LogP contribution in [0.4, 0.5) is 0 Å². The monoisotopic (exact) mass is 375 g/mol. The van der Waals surface area contributed by atoms with E-state index in [0.29, 0.717) is 16.6 Å². The van der Waals surface area contributed by atoms with Crippen LogP contribution in [0.5, 0.6) is 0 Å². The molecule has 1 heterocycles. The van der Waals surface area contributed by atoms with E-state index in [1.807, 2.05) is 36.4 Å². The zero-order valence-electron chi connectivity index (χ0n) is 14.1. The number of nitrogens with zero attached hydrogens (tertiary/aromatic N) is 3. The van der Waals surface area contributed by atoms with Gasteiger partial charge in [0, 0.05) is 16.1 Å². The summed E-state index contributed by atoms with van der Waals surface area (Å²) < 4.78 is 0. The molecule has 1 saturated heterocycles. The first-order valence-electron chi connectivity index (χ1n) is 8.08. The van der Waals surface area contributed by atoms with Crippen LogP contribution < -0.4 is 0 Å². The predicted octanol–water partition coefficient (Wildman–Crippen LogP) is 4.58. The zero-order chi connectivity index (χ0) is 18.0. The Morgan fingerprint density at radius 2 is 1.60 bits per heavy atom. The molecule has 2 aromatic carbocycles. The summed E-state index contributed by atoms with van der Waals surface area (Å²) in [7, 11) is 0. The highest BCUT2D eigenvalue weighted by molar-refractivity contribution is 6.30. The molecule has 0 N–H and O–H groups in total. The molecule has 0 saturated carbocycles. The SMILES string of the molecule is CC(C)N1CC(=O)N(N=Cc2ccc(Cl)cc2)C1c1ccc(Cl)cc1. The minimum absolute atomic E-state index is 0.0288. The van der Waals surface area contributed by atoms with Crippen molar-refractivity contribution in [2.24, 2.45) is 5.10 Å². The quantitative estimate of drug-likeness (QED) is 0.733. The lowest BCUT2D eigenvalue weighted by atomic mass is 10.1. The van der Waals surface area contributed by atoms with Gasteiger partial charge >= 0.3 is 0 Å². The first-order chi connectivity index (χ1) is 12.0. The van der Waals surface area contributed by atoms with Gasteiger partial charge in [0.25, 0.3) is 5.91 Å². The van der Waals surface area contributed by atoms with E-state index in [4.69, 9.17) is 23.2 Å². The Bertz CT molecular complexity index is 772. The molecule has 0 spiro atoms. The van der Waals surface area contributed by atoms with Gasteiger partial charge in [-0.25, -0.2) is 5.01 Å². The van der Waals surface area contributed by atoms with Crippen molar-refractivity contribution in [2.75, 3.05) is 6.54 Å². The summed E-state index contributed by atoms with van der Waals surface area (Å²) >= 11 is 11.9. The second-order valence-electron chi connectivity index (χ2n) is 6.23. The van der Waals surface area contributed by atoms with Crippen molar-refractivity contribution < 1.29 is 4.79 Å². The Morgan fingerprint density at radius 3 is 2.16 bits per heavy atom. The number of benzene rings is 2. The summed E-state index contributed by atoms with van der Waals surface area (Å²) in [6.07, 6.45) is 1.44. The number of hydrazone groups is 1. The summed E-state index contributed by atoms with van der Waals surface area (Å²) in [5.41, 5.74) is 1.87. The van der Waals surface area contributed by atoms with E-state index in [0.717, 1.165) is 11.1 Å². The van der Waals surface area contributed by atoms with Crippen LogP contribution in [-0.4, -0.2) is 34.6 Å². The average Bonchev–Trinajstić information content (AvgIpc) is 2.92. The van der Waals surface area contributed by atoms with Gasteiger partial charge in [-0.05, 0) is 49.2 Å². The third kappa shape index (κ3) is 4.03. The van der Waals surface area contributed by atoms with E-state index in [1.165, 1.54) is 5.01 Å². The molecule has 1 atom stereocenters. The van der Waals surface area contributed by atoms with Crippen molar-refractivity contribution in [3.05, 3.63) is 69.7 Å². The molecule has 0 aliphatic carbocycles. The second kappa shape index (κ2) is 7.56. The maximum absolute atomic E-state index is 12.5. The molecule has 0 aromatic heterocycles. The Kier molecular flexibility index (Phi) is 5.42. The first kappa shape index (κ1) is 17.9. The Balaban J connectivity index is 1.92. The van der Waals surface area contributed by atoms with Crippen LogP contribution in [0.25, 0.3) is 0 Å². The fourth-order valence-corrected chi connectivity index (χ4v) is 3.08. The average molecular weight is 376 g/mol. The van der Waals surface area contributed by atoms with Crippen LogP contribution in [0.3, 0.4) is 0 Å². The third-order valence-corrected chi connectivity index (χ3v) is 4.66. The standard InChI is InChI=1S/C19H19Cl2N3O/c1-13(2)23-12-18(25)24(19(23)15-5-9-17(21)10-6-15)22-11-14-3-7-16(20)8-4-14/h3-11,13,19H,12H2,1-2H3. The summed E-state index contributed by atoms with van der Waals surface area (Å²) in [4.78, 5) is 14.7. The number of carbonyl (C=O) groups is 1. The van der Waals surface area contributed by atoms with Gasteiger partial charge in [-0.3, -0.25) is 9.69 Å². The number of halogens is 2. The van der Waals surface area contributed by atoms with Gasteiger partial charge in [0.05, 0.1) is 12.8 Å². The number of hydrogen-bond acceptors (Lipinski definition) is 3. The molecule has 1 fully saturated rings. The predicted molar refractivity (Wildman–Crippen MR) is 102 cm³/mol. The van der Waals surface area contributed by atoms with Gasteiger partial charge in [0.2, 0.25) is 0 Å². The van der Waals surface area contributed by atoms with E-state index >= 15 is 0 Å². The van der Waals surface area contributed by atoms with Crippen LogP contribution in [0, 0.1) is 0 Å². The molecule has 1 aliphatic rings. The fourth-order valence-electron chi connectivity index (χ4n) is 2.83. The molecule has 3 rings (SSSR count). The highest BCUT2D eigenvalue weighted by Crippen LogP contribution is 2.33. The summed E-state index contributed by atoms with van der Waals surface area (Å²) in [5, 5.41) is 7.33. The van der Waals surface area contributed by atoms with E-state index in [9.17, 15) is 4.79 Å². The van der Waals surface area contributed by atoms with E-state index in [1.54, 1.807) is 18.3 Å². The van der Waals surface area contributed by atoms with E-state index in [-0.39, 0.29) is 18.1 Å². The minimum Gasteiger partial charge on any atom is -0.271 e. The summed E-state index contributed by atoms with van der Waals surface area (Å²) in [5.74, 6) is -0.0288. The van der Waals surface area contributed by atoms with Crippen molar-refractivity contribution in [3.8, 4) is 0 Å². The topological polar surface area (TPSA) is 35.9 Å². The van der Waals surface area contributed by atoms with Gasteiger partial charge in [0.1, 0.15) is 6.17 Å². The molecule has 1 aliphatic heterocycles. The first-order valence-corrected chi connectivity index (χ1v) is 8.84. The van der Waals surface area contributed by atoms with Gasteiger partial charge in [-0.15, -0.1) is 0 Å². The van der Waals surface area contributed by atoms with Crippen LogP contribution in [-0.2, 0) is 4.79 Å². The van der Waals surface area contributed by atoms with Crippen molar-refractivity contribution in [2.45, 2.75) is 26.1 Å². The molecule has 0 bridgehead atoms. The number of hydrogen-bond donors (Lipinski definition) is 0. The lowest BCUT2D eigenvalue weighted by molar-refractivity contribution is -0.128. The Morgan fingerprint density at radius 1 is 1.04 bits per heavy atom. The largest absolute Gasteiger partial charge is 0.271 e. The van der Waals surface area contributed by atoms with Gasteiger partial charge < -0.3 is 0 Å². The maximum Gasteiger partial charge on any atom is 0.258 e. The molecule has 4 nitrogen and oxygen atoms in total. The molecule has 25 heavy (non-hydrogen) atoms. The molecule has 0 radical (unpaired) electrons. The van der Waals surface area contributed by atoms with Crippen LogP contribution in [0.1, 0.15) is 31.1 Å². The van der Waals surface area contributed by atoms with Crippen molar-refractivity contribution >= 4 is 35.3 Å². The fraction of sp³-hybridized carbons (Fsp3) is 0.263. The van der Waals surface area contributed by atoms with Crippen molar-refractivity contribution in [3.63, 3.8) is 0 Å². The van der Waals surface area contributed by atoms with Crippen molar-refractivity contribution in [1.82, 2.24) is 9.91 Å². The zero-order valence-corrected chi connectivity index (χ0v) is 15.6. The number of amides is 1. The minimum atomic E-state index is -0.242. The molecule has 2 aromatic rings. The van der Waals surface area contributed by atoms with Gasteiger partial charge in [0.15, 0.2) is 0 Å². The lowest BCUT2D eigenvalue weighted by Crippen LogP contribution is -2.33. The van der Waals surface area contributed by atoms with E-state index in [2.05, 4.69) is 23.8 Å². The van der Waals surface area contributed by atoms with Crippen LogP contribution in [0.15, 0.2) is 53.6 Å².